The number of hydrogen-bond donors (Lipinski definition) is 0. The van der Waals surface area contributed by atoms with Crippen LogP contribution in [0.2, 0.25) is 0 Å². The Bertz CT molecular complexity index is 683. The molecule has 4 nitrogen and oxygen atoms in total. The molecule has 142 valence electrons. The molecule has 2 rings (SSSR count). The molecule has 1 unspecified atom stereocenters. The SMILES string of the molecule is CCCN(CCC)C1CCCc2cccc(OS(=O)(=O)C(F)(F)F)c21. The van der Waals surface area contributed by atoms with Crippen LogP contribution in [0.15, 0.2) is 18.2 Å². The Morgan fingerprint density at radius 3 is 2.40 bits per heavy atom. The zero-order valence-corrected chi connectivity index (χ0v) is 15.3. The summed E-state index contributed by atoms with van der Waals surface area (Å²) in [6, 6.07) is 4.58. The van der Waals surface area contributed by atoms with Crippen molar-refractivity contribution in [2.75, 3.05) is 13.1 Å². The molecule has 1 aromatic carbocycles. The molecule has 0 radical (unpaired) electrons. The molecule has 1 aromatic rings. The molecule has 0 aliphatic heterocycles. The highest BCUT2D eigenvalue weighted by Crippen LogP contribution is 2.41. The van der Waals surface area contributed by atoms with E-state index in [0.717, 1.165) is 44.3 Å². The summed E-state index contributed by atoms with van der Waals surface area (Å²) in [5, 5.41) is 0. The highest BCUT2D eigenvalue weighted by Gasteiger charge is 2.49. The third-order valence-electron chi connectivity index (χ3n) is 4.36. The predicted molar refractivity (Wildman–Crippen MR) is 89.9 cm³/mol. The summed E-state index contributed by atoms with van der Waals surface area (Å²) in [5.74, 6) is -0.197. The van der Waals surface area contributed by atoms with E-state index in [2.05, 4.69) is 9.08 Å². The van der Waals surface area contributed by atoms with E-state index in [1.54, 1.807) is 6.07 Å². The average Bonchev–Trinajstić information content (AvgIpc) is 2.53. The van der Waals surface area contributed by atoms with Crippen molar-refractivity contribution in [3.8, 4) is 5.75 Å². The van der Waals surface area contributed by atoms with E-state index in [1.807, 2.05) is 19.9 Å². The normalized spacial score (nSPS) is 18.2. The number of nitrogens with zero attached hydrogens (tertiary/aromatic N) is 1. The fraction of sp³-hybridized carbons (Fsp3) is 0.647. The lowest BCUT2D eigenvalue weighted by molar-refractivity contribution is -0.0500. The summed E-state index contributed by atoms with van der Waals surface area (Å²) < 4.78 is 65.6. The Balaban J connectivity index is 2.45. The van der Waals surface area contributed by atoms with Crippen molar-refractivity contribution < 1.29 is 25.8 Å². The van der Waals surface area contributed by atoms with Crippen molar-refractivity contribution in [2.45, 2.75) is 57.5 Å². The Morgan fingerprint density at radius 1 is 1.20 bits per heavy atom. The molecule has 0 spiro atoms. The standard InChI is InChI=1S/C17H24F3NO3S/c1-3-11-21(12-4-2)14-9-5-7-13-8-6-10-15(16(13)14)24-25(22,23)17(18,19)20/h6,8,10,14H,3-5,7,9,11-12H2,1-2H3. The minimum atomic E-state index is -5.68. The maximum absolute atomic E-state index is 12.7. The first-order valence-corrected chi connectivity index (χ1v) is 9.98. The lowest BCUT2D eigenvalue weighted by Crippen LogP contribution is -2.34. The number of rotatable bonds is 7. The number of fused-ring (bicyclic) bond motifs is 1. The topological polar surface area (TPSA) is 46.6 Å². The molecule has 0 N–H and O–H groups in total. The summed E-state index contributed by atoms with van der Waals surface area (Å²) in [6.07, 6.45) is 4.23. The van der Waals surface area contributed by atoms with Crippen LogP contribution in [0, 0.1) is 0 Å². The third-order valence-corrected chi connectivity index (χ3v) is 5.32. The Morgan fingerprint density at radius 2 is 1.84 bits per heavy atom. The van der Waals surface area contributed by atoms with E-state index in [-0.39, 0.29) is 11.8 Å². The molecule has 0 bridgehead atoms. The summed E-state index contributed by atoms with van der Waals surface area (Å²) in [6.45, 7) is 5.70. The van der Waals surface area contributed by atoms with Crippen molar-refractivity contribution in [2.24, 2.45) is 0 Å². The van der Waals surface area contributed by atoms with Crippen LogP contribution < -0.4 is 4.18 Å². The van der Waals surface area contributed by atoms with Gasteiger partial charge < -0.3 is 4.18 Å². The molecule has 8 heteroatoms. The van der Waals surface area contributed by atoms with E-state index >= 15 is 0 Å². The summed E-state index contributed by atoms with van der Waals surface area (Å²) >= 11 is 0. The van der Waals surface area contributed by atoms with Gasteiger partial charge in [-0.3, -0.25) is 4.90 Å². The molecule has 25 heavy (non-hydrogen) atoms. The van der Waals surface area contributed by atoms with Gasteiger partial charge in [0.2, 0.25) is 0 Å². The fourth-order valence-electron chi connectivity index (χ4n) is 3.42. The lowest BCUT2D eigenvalue weighted by Gasteiger charge is -2.36. The zero-order valence-electron chi connectivity index (χ0n) is 14.5. The van der Waals surface area contributed by atoms with Crippen molar-refractivity contribution in [3.63, 3.8) is 0 Å². The summed E-state index contributed by atoms with van der Waals surface area (Å²) in [5.41, 5.74) is -3.99. The fourth-order valence-corrected chi connectivity index (χ4v) is 3.89. The van der Waals surface area contributed by atoms with Gasteiger partial charge in [-0.25, -0.2) is 0 Å². The second kappa shape index (κ2) is 7.95. The zero-order chi connectivity index (χ0) is 18.7. The van der Waals surface area contributed by atoms with Crippen molar-refractivity contribution in [1.29, 1.82) is 0 Å². The number of hydrogen-bond acceptors (Lipinski definition) is 4. The van der Waals surface area contributed by atoms with Gasteiger partial charge in [-0.15, -0.1) is 0 Å². The van der Waals surface area contributed by atoms with Crippen LogP contribution in [0.4, 0.5) is 13.2 Å². The van der Waals surface area contributed by atoms with Gasteiger partial charge in [0.25, 0.3) is 0 Å². The Hall–Kier alpha value is -1.28. The maximum atomic E-state index is 12.7. The van der Waals surface area contributed by atoms with Gasteiger partial charge in [0.15, 0.2) is 0 Å². The first-order chi connectivity index (χ1) is 11.7. The van der Waals surface area contributed by atoms with Crippen LogP contribution in [0.3, 0.4) is 0 Å². The van der Waals surface area contributed by atoms with E-state index in [1.165, 1.54) is 6.07 Å². The number of benzene rings is 1. The average molecular weight is 379 g/mol. The number of halogens is 3. The number of alkyl halides is 3. The highest BCUT2D eigenvalue weighted by atomic mass is 32.2. The van der Waals surface area contributed by atoms with Crippen molar-refractivity contribution in [1.82, 2.24) is 4.90 Å². The monoisotopic (exact) mass is 379 g/mol. The highest BCUT2D eigenvalue weighted by molar-refractivity contribution is 7.88. The predicted octanol–water partition coefficient (Wildman–Crippen LogP) is 4.41. The largest absolute Gasteiger partial charge is 0.534 e. The van der Waals surface area contributed by atoms with Gasteiger partial charge in [0, 0.05) is 11.6 Å². The van der Waals surface area contributed by atoms with Gasteiger partial charge in [-0.2, -0.15) is 21.6 Å². The smallest absolute Gasteiger partial charge is 0.376 e. The quantitative estimate of drug-likeness (QED) is 0.520. The van der Waals surface area contributed by atoms with Crippen LogP contribution >= 0.6 is 0 Å². The van der Waals surface area contributed by atoms with Crippen LogP contribution in [0.1, 0.15) is 56.7 Å². The van der Waals surface area contributed by atoms with Crippen LogP contribution in [0.25, 0.3) is 0 Å². The third kappa shape index (κ3) is 4.47. The number of aryl methyl sites for hydroxylation is 1. The van der Waals surface area contributed by atoms with Gasteiger partial charge in [-0.05, 0) is 56.8 Å². The minimum absolute atomic E-state index is 0.122. The molecule has 0 heterocycles. The second-order valence-electron chi connectivity index (χ2n) is 6.26. The minimum Gasteiger partial charge on any atom is -0.376 e. The van der Waals surface area contributed by atoms with Crippen LogP contribution in [0.5, 0.6) is 5.75 Å². The summed E-state index contributed by atoms with van der Waals surface area (Å²) in [7, 11) is -5.68. The van der Waals surface area contributed by atoms with Gasteiger partial charge in [-0.1, -0.05) is 26.0 Å². The van der Waals surface area contributed by atoms with Gasteiger partial charge in [0.05, 0.1) is 0 Å². The first kappa shape index (κ1) is 20.0. The van der Waals surface area contributed by atoms with E-state index in [4.69, 9.17) is 0 Å². The maximum Gasteiger partial charge on any atom is 0.534 e. The van der Waals surface area contributed by atoms with E-state index in [0.29, 0.717) is 12.0 Å². The molecular formula is C17H24F3NO3S. The Kier molecular flexibility index (Phi) is 6.37. The molecule has 0 saturated carbocycles. The molecule has 0 aromatic heterocycles. The Labute approximate surface area is 147 Å². The van der Waals surface area contributed by atoms with Crippen LogP contribution in [-0.4, -0.2) is 31.9 Å². The van der Waals surface area contributed by atoms with Crippen molar-refractivity contribution in [3.05, 3.63) is 29.3 Å². The summed E-state index contributed by atoms with van der Waals surface area (Å²) in [4.78, 5) is 2.21. The molecule has 1 aliphatic rings. The first-order valence-electron chi connectivity index (χ1n) is 8.57. The van der Waals surface area contributed by atoms with E-state index < -0.39 is 15.6 Å². The lowest BCUT2D eigenvalue weighted by atomic mass is 9.86. The molecule has 1 atom stereocenters. The molecule has 1 aliphatic carbocycles. The molecule has 0 saturated heterocycles. The molecular weight excluding hydrogens is 355 g/mol. The second-order valence-corrected chi connectivity index (χ2v) is 7.79. The van der Waals surface area contributed by atoms with Gasteiger partial charge in [0.1, 0.15) is 5.75 Å². The molecule has 0 fully saturated rings. The molecule has 0 amide bonds. The van der Waals surface area contributed by atoms with Crippen molar-refractivity contribution >= 4 is 10.1 Å². The van der Waals surface area contributed by atoms with Gasteiger partial charge >= 0.3 is 15.6 Å². The van der Waals surface area contributed by atoms with E-state index in [9.17, 15) is 21.6 Å². The van der Waals surface area contributed by atoms with Crippen LogP contribution in [-0.2, 0) is 16.5 Å².